The van der Waals surface area contributed by atoms with E-state index in [1.165, 1.54) is 5.19 Å². The quantitative estimate of drug-likeness (QED) is 0.431. The second-order valence-electron chi connectivity index (χ2n) is 4.28. The van der Waals surface area contributed by atoms with Gasteiger partial charge in [0.15, 0.2) is 0 Å². The summed E-state index contributed by atoms with van der Waals surface area (Å²) in [6, 6.07) is 10.5. The van der Waals surface area contributed by atoms with E-state index in [9.17, 15) is 4.79 Å². The van der Waals surface area contributed by atoms with Crippen LogP contribution in [0.4, 0.5) is 0 Å². The van der Waals surface area contributed by atoms with Crippen molar-refractivity contribution in [3.63, 3.8) is 0 Å². The molecule has 2 heteroatoms. The topological polar surface area (TPSA) is 17.1 Å². The van der Waals surface area contributed by atoms with Crippen molar-refractivity contribution in [1.82, 2.24) is 0 Å². The molecule has 0 saturated heterocycles. The lowest BCUT2D eigenvalue weighted by molar-refractivity contribution is -0.105. The summed E-state index contributed by atoms with van der Waals surface area (Å²) in [4.78, 5) is 10.8. The molecule has 1 nitrogen and oxygen atoms in total. The van der Waals surface area contributed by atoms with E-state index < -0.39 is 8.07 Å². The summed E-state index contributed by atoms with van der Waals surface area (Å²) in [5.74, 6) is 0. The van der Waals surface area contributed by atoms with Crippen molar-refractivity contribution >= 4 is 19.5 Å². The molecule has 0 spiro atoms. The SMILES string of the molecule is CC/C(C=O)=C/[Si](C)(C)c1ccccc1. The lowest BCUT2D eigenvalue weighted by Gasteiger charge is -2.19. The Labute approximate surface area is 92.8 Å². The van der Waals surface area contributed by atoms with Crippen molar-refractivity contribution in [2.75, 3.05) is 0 Å². The average Bonchev–Trinajstić information content (AvgIpc) is 2.27. The van der Waals surface area contributed by atoms with Crippen LogP contribution in [0.25, 0.3) is 0 Å². The molecular weight excluding hydrogens is 200 g/mol. The Hall–Kier alpha value is -1.15. The number of carbonyl (C=O) groups is 1. The van der Waals surface area contributed by atoms with Gasteiger partial charge in [-0.15, -0.1) is 0 Å². The standard InChI is InChI=1S/C13H18OSi/c1-4-12(10-14)11-15(2,3)13-8-6-5-7-9-13/h5-11H,4H2,1-3H3/b12-11-. The zero-order valence-electron chi connectivity index (χ0n) is 9.66. The predicted molar refractivity (Wildman–Crippen MR) is 68.0 cm³/mol. The van der Waals surface area contributed by atoms with Crippen molar-refractivity contribution in [2.24, 2.45) is 0 Å². The highest BCUT2D eigenvalue weighted by Gasteiger charge is 2.20. The summed E-state index contributed by atoms with van der Waals surface area (Å²) in [6.07, 6.45) is 1.81. The summed E-state index contributed by atoms with van der Waals surface area (Å²) in [5, 5.41) is 1.37. The molecule has 0 bridgehead atoms. The Bertz CT molecular complexity index is 352. The van der Waals surface area contributed by atoms with Crippen LogP contribution in [-0.4, -0.2) is 14.4 Å². The van der Waals surface area contributed by atoms with Crippen molar-refractivity contribution in [3.8, 4) is 0 Å². The summed E-state index contributed by atoms with van der Waals surface area (Å²) < 4.78 is 0. The largest absolute Gasteiger partial charge is 0.298 e. The first-order valence-corrected chi connectivity index (χ1v) is 8.40. The molecule has 1 aromatic rings. The Kier molecular flexibility index (Phi) is 4.03. The van der Waals surface area contributed by atoms with E-state index >= 15 is 0 Å². The van der Waals surface area contributed by atoms with E-state index in [1.54, 1.807) is 0 Å². The highest BCUT2D eigenvalue weighted by atomic mass is 28.3. The van der Waals surface area contributed by atoms with Gasteiger partial charge in [-0.2, -0.15) is 0 Å². The lowest BCUT2D eigenvalue weighted by Crippen LogP contribution is -2.39. The van der Waals surface area contributed by atoms with Gasteiger partial charge >= 0.3 is 0 Å². The second-order valence-corrected chi connectivity index (χ2v) is 8.59. The summed E-state index contributed by atoms with van der Waals surface area (Å²) >= 11 is 0. The molecule has 80 valence electrons. The van der Waals surface area contributed by atoms with Crippen LogP contribution in [0, 0.1) is 0 Å². The van der Waals surface area contributed by atoms with E-state index in [1.807, 2.05) is 13.0 Å². The van der Waals surface area contributed by atoms with Crippen LogP contribution in [0.1, 0.15) is 13.3 Å². The van der Waals surface area contributed by atoms with E-state index in [0.717, 1.165) is 18.3 Å². The smallest absolute Gasteiger partial charge is 0.145 e. The third kappa shape index (κ3) is 3.17. The molecule has 0 atom stereocenters. The van der Waals surface area contributed by atoms with Crippen LogP contribution < -0.4 is 5.19 Å². The van der Waals surface area contributed by atoms with Gasteiger partial charge in [0, 0.05) is 0 Å². The Balaban J connectivity index is 3.02. The second kappa shape index (κ2) is 5.08. The normalized spacial score (nSPS) is 12.6. The lowest BCUT2D eigenvalue weighted by atomic mass is 10.3. The molecule has 0 saturated carbocycles. The first kappa shape index (κ1) is 11.9. The molecular formula is C13H18OSi. The highest BCUT2D eigenvalue weighted by molar-refractivity contribution is 6.94. The molecule has 1 rings (SSSR count). The minimum Gasteiger partial charge on any atom is -0.298 e. The van der Waals surface area contributed by atoms with Crippen LogP contribution in [0.15, 0.2) is 41.6 Å². The third-order valence-corrected chi connectivity index (χ3v) is 5.54. The van der Waals surface area contributed by atoms with Crippen LogP contribution >= 0.6 is 0 Å². The van der Waals surface area contributed by atoms with Crippen molar-refractivity contribution in [3.05, 3.63) is 41.6 Å². The minimum absolute atomic E-state index is 0.826. The van der Waals surface area contributed by atoms with Gasteiger partial charge in [0.1, 0.15) is 14.4 Å². The number of benzene rings is 1. The number of hydrogen-bond donors (Lipinski definition) is 0. The van der Waals surface area contributed by atoms with Crippen molar-refractivity contribution in [1.29, 1.82) is 0 Å². The molecule has 0 heterocycles. The predicted octanol–water partition coefficient (Wildman–Crippen LogP) is 2.68. The van der Waals surface area contributed by atoms with Crippen molar-refractivity contribution < 1.29 is 4.79 Å². The van der Waals surface area contributed by atoms with Gasteiger partial charge in [-0.3, -0.25) is 4.79 Å². The molecule has 0 aliphatic heterocycles. The fourth-order valence-electron chi connectivity index (χ4n) is 1.63. The van der Waals surface area contributed by atoms with Gasteiger partial charge in [-0.25, -0.2) is 0 Å². The van der Waals surface area contributed by atoms with E-state index in [-0.39, 0.29) is 0 Å². The monoisotopic (exact) mass is 218 g/mol. The van der Waals surface area contributed by atoms with E-state index in [2.05, 4.69) is 43.1 Å². The van der Waals surface area contributed by atoms with Gasteiger partial charge in [-0.1, -0.05) is 61.2 Å². The summed E-state index contributed by atoms with van der Waals surface area (Å²) in [5.41, 5.74) is 3.12. The first-order valence-electron chi connectivity index (χ1n) is 5.32. The zero-order chi connectivity index (χ0) is 11.3. The summed E-state index contributed by atoms with van der Waals surface area (Å²) in [7, 11) is -1.58. The number of carbonyl (C=O) groups excluding carboxylic acids is 1. The molecule has 15 heavy (non-hydrogen) atoms. The molecule has 0 amide bonds. The van der Waals surface area contributed by atoms with Gasteiger partial charge in [0.2, 0.25) is 0 Å². The molecule has 0 aliphatic carbocycles. The van der Waals surface area contributed by atoms with Crippen LogP contribution in [0.2, 0.25) is 13.1 Å². The van der Waals surface area contributed by atoms with Gasteiger partial charge in [-0.05, 0) is 12.0 Å². The fraction of sp³-hybridized carbons (Fsp3) is 0.308. The Morgan fingerprint density at radius 3 is 2.33 bits per heavy atom. The molecule has 0 unspecified atom stereocenters. The van der Waals surface area contributed by atoms with Crippen LogP contribution in [0.3, 0.4) is 0 Å². The highest BCUT2D eigenvalue weighted by Crippen LogP contribution is 2.09. The minimum atomic E-state index is -1.58. The number of allylic oxidation sites excluding steroid dienone is 1. The Morgan fingerprint density at radius 2 is 1.87 bits per heavy atom. The van der Waals surface area contributed by atoms with Gasteiger partial charge in [0.25, 0.3) is 0 Å². The van der Waals surface area contributed by atoms with Crippen LogP contribution in [-0.2, 0) is 4.79 Å². The fourth-order valence-corrected chi connectivity index (χ4v) is 4.05. The maximum Gasteiger partial charge on any atom is 0.145 e. The maximum absolute atomic E-state index is 10.8. The molecule has 0 aliphatic rings. The third-order valence-electron chi connectivity index (χ3n) is 2.62. The van der Waals surface area contributed by atoms with Crippen molar-refractivity contribution in [2.45, 2.75) is 26.4 Å². The summed E-state index contributed by atoms with van der Waals surface area (Å²) in [6.45, 7) is 6.55. The number of aldehydes is 1. The van der Waals surface area contributed by atoms with Crippen LogP contribution in [0.5, 0.6) is 0 Å². The van der Waals surface area contributed by atoms with E-state index in [0.29, 0.717) is 0 Å². The average molecular weight is 218 g/mol. The first-order chi connectivity index (χ1) is 7.10. The maximum atomic E-state index is 10.8. The molecule has 0 aromatic heterocycles. The number of hydrogen-bond acceptors (Lipinski definition) is 1. The number of rotatable bonds is 4. The molecule has 0 fully saturated rings. The zero-order valence-corrected chi connectivity index (χ0v) is 10.7. The Morgan fingerprint density at radius 1 is 1.27 bits per heavy atom. The van der Waals surface area contributed by atoms with Gasteiger partial charge < -0.3 is 0 Å². The molecule has 0 radical (unpaired) electrons. The molecule has 1 aromatic carbocycles. The van der Waals surface area contributed by atoms with Gasteiger partial charge in [0.05, 0.1) is 0 Å². The molecule has 0 N–H and O–H groups in total. The van der Waals surface area contributed by atoms with E-state index in [4.69, 9.17) is 0 Å².